The third kappa shape index (κ3) is 5.27. The number of carbonyl (C=O) groups is 3. The minimum atomic E-state index is -1.03. The first-order valence-corrected chi connectivity index (χ1v) is 12.8. The van der Waals surface area contributed by atoms with Gasteiger partial charge in [-0.2, -0.15) is 0 Å². The summed E-state index contributed by atoms with van der Waals surface area (Å²) in [5.41, 5.74) is 6.51. The predicted molar refractivity (Wildman–Crippen MR) is 153 cm³/mol. The van der Waals surface area contributed by atoms with Gasteiger partial charge in [-0.3, -0.25) is 14.4 Å². The van der Waals surface area contributed by atoms with Crippen LogP contribution in [0.25, 0.3) is 27.9 Å². The van der Waals surface area contributed by atoms with Crippen molar-refractivity contribution in [3.8, 4) is 5.75 Å². The molecule has 1 fully saturated rings. The van der Waals surface area contributed by atoms with E-state index in [1.165, 1.54) is 20.8 Å². The number of methoxy groups -OCH3 is 1. The number of hydrogen-bond acceptors (Lipinski definition) is 9. The van der Waals surface area contributed by atoms with E-state index in [0.717, 1.165) is 49.8 Å². The predicted octanol–water partition coefficient (Wildman–Crippen LogP) is 4.46. The molecule has 2 aromatic carbocycles. The molecule has 11 heteroatoms. The molecule has 3 heterocycles. The lowest BCUT2D eigenvalue weighted by molar-refractivity contribution is -0.246. The Balaban J connectivity index is 0.00000370. The van der Waals surface area contributed by atoms with Gasteiger partial charge in [-0.25, -0.2) is 0 Å². The molecular weight excluding hydrogens is 584 g/mol. The van der Waals surface area contributed by atoms with E-state index in [2.05, 4.69) is 18.8 Å². The molecule has 2 aliphatic heterocycles. The van der Waals surface area contributed by atoms with Crippen LogP contribution < -0.4 is 4.74 Å². The molecule has 10 nitrogen and oxygen atoms in total. The van der Waals surface area contributed by atoms with Gasteiger partial charge in [0.15, 0.2) is 24.5 Å². The van der Waals surface area contributed by atoms with Crippen LogP contribution in [-0.4, -0.2) is 66.0 Å². The van der Waals surface area contributed by atoms with Crippen molar-refractivity contribution in [3.05, 3.63) is 46.7 Å². The Bertz CT molecular complexity index is 1510. The van der Waals surface area contributed by atoms with Gasteiger partial charge in [-0.05, 0) is 60.4 Å². The number of fused-ring (bicyclic) bond motifs is 4. The average Bonchev–Trinajstić information content (AvgIpc) is 3.27. The number of H-pyrrole nitrogens is 1. The van der Waals surface area contributed by atoms with Crippen molar-refractivity contribution in [2.24, 2.45) is 0 Å². The smallest absolute Gasteiger partial charge is 0.303 e. The molecular formula is C29H33BrN2O8. The van der Waals surface area contributed by atoms with Crippen LogP contribution in [0.2, 0.25) is 0 Å². The molecule has 5 rings (SSSR count). The van der Waals surface area contributed by atoms with Crippen molar-refractivity contribution >= 4 is 62.8 Å². The summed E-state index contributed by atoms with van der Waals surface area (Å²) < 4.78 is 28.1. The lowest BCUT2D eigenvalue weighted by Gasteiger charge is -2.45. The second-order valence-corrected chi connectivity index (χ2v) is 9.94. The number of hydrogen-bond donors (Lipinski definition) is 1. The number of aromatic amines is 1. The number of rotatable bonds is 5. The fraction of sp³-hybridized carbons (Fsp3) is 0.414. The van der Waals surface area contributed by atoms with Crippen LogP contribution in [0.5, 0.6) is 5.75 Å². The number of halogens is 1. The number of aromatic nitrogens is 1. The van der Waals surface area contributed by atoms with Gasteiger partial charge in [0.25, 0.3) is 0 Å². The van der Waals surface area contributed by atoms with E-state index in [-0.39, 0.29) is 23.6 Å². The highest BCUT2D eigenvalue weighted by Crippen LogP contribution is 2.40. The fourth-order valence-electron chi connectivity index (χ4n) is 5.70. The van der Waals surface area contributed by atoms with E-state index in [4.69, 9.17) is 23.7 Å². The van der Waals surface area contributed by atoms with Gasteiger partial charge in [0.2, 0.25) is 0 Å². The molecule has 0 bridgehead atoms. The van der Waals surface area contributed by atoms with Gasteiger partial charge >= 0.3 is 17.9 Å². The van der Waals surface area contributed by atoms with E-state index in [1.54, 1.807) is 7.11 Å². The first kappa shape index (κ1) is 29.4. The molecule has 0 unspecified atom stereocenters. The van der Waals surface area contributed by atoms with Crippen LogP contribution in [0.15, 0.2) is 24.4 Å². The molecule has 0 aliphatic carbocycles. The molecule has 0 radical (unpaired) electrons. The molecule has 0 amide bonds. The van der Waals surface area contributed by atoms with Gasteiger partial charge in [0.1, 0.15) is 5.75 Å². The van der Waals surface area contributed by atoms with E-state index >= 15 is 0 Å². The summed E-state index contributed by atoms with van der Waals surface area (Å²) in [7, 11) is 1.65. The zero-order valence-electron chi connectivity index (χ0n) is 23.2. The highest BCUT2D eigenvalue weighted by Gasteiger charge is 2.49. The standard InChI is InChI=1S/C29H32N2O8.BrH/c1-14-22-12-31(29-28(39-18(5)34)27(38-17(4)33)24(13-36-29)37-16(3)32)10-9-20(22)15(2)26-25(14)21-11-19(35-6)7-8-23(21)30-26;/h7-11,24,27-30H,12-13H2,1-6H3;1H/t24-,27-,28+,29-;/m1./s1. The molecule has 0 saturated carbocycles. The molecule has 1 N–H and O–H groups in total. The highest BCUT2D eigenvalue weighted by atomic mass is 79.9. The Morgan fingerprint density at radius 1 is 0.975 bits per heavy atom. The maximum atomic E-state index is 12.1. The Morgan fingerprint density at radius 3 is 2.30 bits per heavy atom. The first-order valence-electron chi connectivity index (χ1n) is 12.8. The zero-order chi connectivity index (χ0) is 28.0. The van der Waals surface area contributed by atoms with Crippen LogP contribution in [0.1, 0.15) is 43.0 Å². The Hall–Kier alpha value is -3.57. The van der Waals surface area contributed by atoms with Crippen LogP contribution >= 0.6 is 17.0 Å². The Kier molecular flexibility index (Phi) is 8.46. The van der Waals surface area contributed by atoms with Gasteiger partial charge < -0.3 is 33.6 Å². The quantitative estimate of drug-likeness (QED) is 0.327. The molecule has 1 saturated heterocycles. The van der Waals surface area contributed by atoms with Gasteiger partial charge in [-0.1, -0.05) is 0 Å². The SMILES string of the molecule is Br.COc1ccc2[nH]c3c(C)c4c(c(C)c3c2c1)CN([C@@H]1OC[C@@H](OC(C)=O)[C@@H](OC(C)=O)[C@@H]1OC(C)=O)C=C4. The number of ether oxygens (including phenoxy) is 5. The van der Waals surface area contributed by atoms with Crippen molar-refractivity contribution in [1.29, 1.82) is 0 Å². The van der Waals surface area contributed by atoms with Gasteiger partial charge in [0.05, 0.1) is 19.2 Å². The third-order valence-corrected chi connectivity index (χ3v) is 7.36. The normalized spacial score (nSPS) is 21.9. The van der Waals surface area contributed by atoms with E-state index in [9.17, 15) is 14.4 Å². The van der Waals surface area contributed by atoms with Crippen LogP contribution in [0, 0.1) is 13.8 Å². The van der Waals surface area contributed by atoms with Crippen molar-refractivity contribution in [3.63, 3.8) is 0 Å². The molecule has 4 atom stereocenters. The second kappa shape index (κ2) is 11.5. The molecule has 2 aliphatic rings. The number of esters is 3. The number of benzene rings is 2. The minimum Gasteiger partial charge on any atom is -0.497 e. The second-order valence-electron chi connectivity index (χ2n) is 9.94. The number of carbonyl (C=O) groups excluding carboxylic acids is 3. The van der Waals surface area contributed by atoms with Crippen LogP contribution in [0.3, 0.4) is 0 Å². The Labute approximate surface area is 242 Å². The minimum absolute atomic E-state index is 0. The number of nitrogens with one attached hydrogen (secondary N) is 1. The monoisotopic (exact) mass is 616 g/mol. The molecule has 0 spiro atoms. The number of aryl methyl sites for hydroxylation is 2. The summed E-state index contributed by atoms with van der Waals surface area (Å²) in [4.78, 5) is 41.3. The van der Waals surface area contributed by atoms with Gasteiger partial charge in [-0.15, -0.1) is 17.0 Å². The van der Waals surface area contributed by atoms with Crippen molar-refractivity contribution in [2.45, 2.75) is 65.7 Å². The summed E-state index contributed by atoms with van der Waals surface area (Å²) in [6.07, 6.45) is 0.142. The first-order chi connectivity index (χ1) is 18.6. The summed E-state index contributed by atoms with van der Waals surface area (Å²) >= 11 is 0. The molecule has 1 aromatic heterocycles. The topological polar surface area (TPSA) is 116 Å². The van der Waals surface area contributed by atoms with Crippen molar-refractivity contribution in [2.75, 3.05) is 13.7 Å². The number of nitrogens with zero attached hydrogens (tertiary/aromatic N) is 1. The molecule has 40 heavy (non-hydrogen) atoms. The summed E-state index contributed by atoms with van der Waals surface area (Å²) in [5, 5.41) is 2.18. The fourth-order valence-corrected chi connectivity index (χ4v) is 5.70. The maximum Gasteiger partial charge on any atom is 0.303 e. The summed E-state index contributed by atoms with van der Waals surface area (Å²) in [6, 6.07) is 5.98. The van der Waals surface area contributed by atoms with Crippen LogP contribution in [0.4, 0.5) is 0 Å². The van der Waals surface area contributed by atoms with E-state index in [1.807, 2.05) is 35.4 Å². The average molecular weight is 617 g/mol. The summed E-state index contributed by atoms with van der Waals surface area (Å²) in [5.74, 6) is -0.938. The van der Waals surface area contributed by atoms with Crippen molar-refractivity contribution in [1.82, 2.24) is 9.88 Å². The highest BCUT2D eigenvalue weighted by molar-refractivity contribution is 8.93. The Morgan fingerprint density at radius 2 is 1.65 bits per heavy atom. The largest absolute Gasteiger partial charge is 0.497 e. The van der Waals surface area contributed by atoms with E-state index in [0.29, 0.717) is 6.54 Å². The zero-order valence-corrected chi connectivity index (χ0v) is 24.9. The summed E-state index contributed by atoms with van der Waals surface area (Å²) in [6.45, 7) is 8.39. The molecule has 3 aromatic rings. The lowest BCUT2D eigenvalue weighted by Crippen LogP contribution is -2.61. The lowest BCUT2D eigenvalue weighted by atomic mass is 9.90. The van der Waals surface area contributed by atoms with Gasteiger partial charge in [0, 0.05) is 49.8 Å². The molecule has 214 valence electrons. The van der Waals surface area contributed by atoms with E-state index < -0.39 is 42.4 Å². The maximum absolute atomic E-state index is 12.1. The van der Waals surface area contributed by atoms with Crippen LogP contribution in [-0.2, 0) is 39.9 Å². The van der Waals surface area contributed by atoms with Crippen molar-refractivity contribution < 1.29 is 38.1 Å². The third-order valence-electron chi connectivity index (χ3n) is 7.36.